The fraction of sp³-hybridized carbons (Fsp3) is 0.261. The van der Waals surface area contributed by atoms with Gasteiger partial charge >= 0.3 is 6.18 Å². The van der Waals surface area contributed by atoms with Gasteiger partial charge in [-0.05, 0) is 42.7 Å². The molecule has 2 N–H and O–H groups in total. The Labute approximate surface area is 176 Å². The van der Waals surface area contributed by atoms with Crippen LogP contribution in [0.2, 0.25) is 0 Å². The van der Waals surface area contributed by atoms with Crippen molar-refractivity contribution in [1.82, 2.24) is 15.3 Å². The lowest BCUT2D eigenvalue weighted by molar-refractivity contribution is -0.137. The lowest BCUT2D eigenvalue weighted by Gasteiger charge is -2.27. The van der Waals surface area contributed by atoms with Crippen LogP contribution in [0, 0.1) is 5.92 Å². The molecule has 1 aliphatic rings. The van der Waals surface area contributed by atoms with Crippen molar-refractivity contribution in [3.63, 3.8) is 0 Å². The number of carbonyl (C=O) groups excluding carboxylic acids is 1. The minimum absolute atomic E-state index is 0.0165. The molecule has 8 heteroatoms. The number of rotatable bonds is 4. The number of amides is 1. The van der Waals surface area contributed by atoms with Gasteiger partial charge in [-0.3, -0.25) is 9.59 Å². The van der Waals surface area contributed by atoms with E-state index in [1.54, 1.807) is 24.3 Å². The zero-order chi connectivity index (χ0) is 22.0. The molecule has 0 unspecified atom stereocenters. The number of H-pyrrole nitrogens is 1. The molecule has 0 bridgehead atoms. The second kappa shape index (κ2) is 8.37. The maximum atomic E-state index is 12.9. The average molecular weight is 427 g/mol. The van der Waals surface area contributed by atoms with E-state index in [2.05, 4.69) is 15.3 Å². The maximum absolute atomic E-state index is 12.9. The SMILES string of the molecule is O=C(NCc1cccc(C(F)(F)F)c1)[C@H]1CC=CC[C@@H]1c1nc2ccccc2c(=O)[nH]1. The first kappa shape index (κ1) is 20.8. The molecule has 0 saturated heterocycles. The van der Waals surface area contributed by atoms with E-state index in [0.717, 1.165) is 12.1 Å². The number of halogens is 3. The Morgan fingerprint density at radius 2 is 1.87 bits per heavy atom. The molecular formula is C23H20F3N3O2. The number of aromatic nitrogens is 2. The molecule has 2 aromatic carbocycles. The molecule has 3 aromatic rings. The summed E-state index contributed by atoms with van der Waals surface area (Å²) in [6.07, 6.45) is 0.381. The van der Waals surface area contributed by atoms with Gasteiger partial charge in [-0.2, -0.15) is 13.2 Å². The minimum Gasteiger partial charge on any atom is -0.352 e. The largest absolute Gasteiger partial charge is 0.416 e. The van der Waals surface area contributed by atoms with E-state index >= 15 is 0 Å². The average Bonchev–Trinajstić information content (AvgIpc) is 2.77. The van der Waals surface area contributed by atoms with Gasteiger partial charge in [-0.15, -0.1) is 0 Å². The Morgan fingerprint density at radius 1 is 1.10 bits per heavy atom. The van der Waals surface area contributed by atoms with Gasteiger partial charge < -0.3 is 10.3 Å². The van der Waals surface area contributed by atoms with E-state index in [1.165, 1.54) is 12.1 Å². The van der Waals surface area contributed by atoms with Crippen molar-refractivity contribution in [3.8, 4) is 0 Å². The van der Waals surface area contributed by atoms with Crippen molar-refractivity contribution in [2.45, 2.75) is 31.5 Å². The molecule has 5 nitrogen and oxygen atoms in total. The second-order valence-electron chi connectivity index (χ2n) is 7.54. The van der Waals surface area contributed by atoms with Gasteiger partial charge in [-0.25, -0.2) is 4.98 Å². The molecule has 31 heavy (non-hydrogen) atoms. The molecule has 160 valence electrons. The van der Waals surface area contributed by atoms with Crippen LogP contribution in [0.25, 0.3) is 10.9 Å². The predicted molar refractivity (Wildman–Crippen MR) is 110 cm³/mol. The molecule has 2 atom stereocenters. The Hall–Kier alpha value is -3.42. The third-order valence-corrected chi connectivity index (χ3v) is 5.47. The van der Waals surface area contributed by atoms with Crippen LogP contribution in [0.15, 0.2) is 65.5 Å². The number of nitrogens with one attached hydrogen (secondary N) is 2. The molecule has 1 aliphatic carbocycles. The van der Waals surface area contributed by atoms with Crippen LogP contribution in [-0.2, 0) is 17.5 Å². The molecule has 1 aromatic heterocycles. The number of fused-ring (bicyclic) bond motifs is 1. The lowest BCUT2D eigenvalue weighted by atomic mass is 9.81. The van der Waals surface area contributed by atoms with E-state index in [4.69, 9.17) is 0 Å². The highest BCUT2D eigenvalue weighted by Gasteiger charge is 2.33. The molecule has 0 spiro atoms. The topological polar surface area (TPSA) is 74.8 Å². The summed E-state index contributed by atoms with van der Waals surface area (Å²) < 4.78 is 38.7. The summed E-state index contributed by atoms with van der Waals surface area (Å²) in [6, 6.07) is 11.9. The zero-order valence-electron chi connectivity index (χ0n) is 16.4. The van der Waals surface area contributed by atoms with Gasteiger partial charge in [0.2, 0.25) is 5.91 Å². The summed E-state index contributed by atoms with van der Waals surface area (Å²) in [6.45, 7) is -0.0165. The Kier molecular flexibility index (Phi) is 5.63. The summed E-state index contributed by atoms with van der Waals surface area (Å²) in [7, 11) is 0. The fourth-order valence-corrected chi connectivity index (χ4v) is 3.86. The van der Waals surface area contributed by atoms with E-state index in [1.807, 2.05) is 12.2 Å². The first-order valence-corrected chi connectivity index (χ1v) is 9.91. The van der Waals surface area contributed by atoms with Gasteiger partial charge in [-0.1, -0.05) is 36.4 Å². The third-order valence-electron chi connectivity index (χ3n) is 5.47. The van der Waals surface area contributed by atoms with Crippen LogP contribution in [-0.4, -0.2) is 15.9 Å². The number of para-hydroxylation sites is 1. The molecule has 4 rings (SSSR count). The van der Waals surface area contributed by atoms with Crippen molar-refractivity contribution in [1.29, 1.82) is 0 Å². The first-order valence-electron chi connectivity index (χ1n) is 9.91. The van der Waals surface area contributed by atoms with Gasteiger partial charge in [0.15, 0.2) is 0 Å². The van der Waals surface area contributed by atoms with Gasteiger partial charge in [0.1, 0.15) is 5.82 Å². The highest BCUT2D eigenvalue weighted by Crippen LogP contribution is 2.33. The Balaban J connectivity index is 1.54. The monoisotopic (exact) mass is 427 g/mol. The van der Waals surface area contributed by atoms with Crippen molar-refractivity contribution >= 4 is 16.8 Å². The van der Waals surface area contributed by atoms with E-state index in [9.17, 15) is 22.8 Å². The highest BCUT2D eigenvalue weighted by atomic mass is 19.4. The van der Waals surface area contributed by atoms with Crippen molar-refractivity contribution in [2.75, 3.05) is 0 Å². The van der Waals surface area contributed by atoms with E-state index in [0.29, 0.717) is 35.1 Å². The molecule has 0 fully saturated rings. The first-order chi connectivity index (χ1) is 14.8. The third kappa shape index (κ3) is 4.52. The number of alkyl halides is 3. The smallest absolute Gasteiger partial charge is 0.352 e. The van der Waals surface area contributed by atoms with Crippen LogP contribution < -0.4 is 10.9 Å². The number of aromatic amines is 1. The second-order valence-corrected chi connectivity index (χ2v) is 7.54. The van der Waals surface area contributed by atoms with Crippen molar-refractivity contribution in [3.05, 3.63) is 88.0 Å². The van der Waals surface area contributed by atoms with Gasteiger partial charge in [0, 0.05) is 12.5 Å². The van der Waals surface area contributed by atoms with Crippen LogP contribution in [0.1, 0.15) is 35.7 Å². The highest BCUT2D eigenvalue weighted by molar-refractivity contribution is 5.80. The number of hydrogen-bond donors (Lipinski definition) is 2. The number of nitrogens with zero attached hydrogens (tertiary/aromatic N) is 1. The van der Waals surface area contributed by atoms with Crippen molar-refractivity contribution in [2.24, 2.45) is 5.92 Å². The van der Waals surface area contributed by atoms with Crippen LogP contribution >= 0.6 is 0 Å². The number of hydrogen-bond acceptors (Lipinski definition) is 3. The van der Waals surface area contributed by atoms with E-state index in [-0.39, 0.29) is 23.9 Å². The zero-order valence-corrected chi connectivity index (χ0v) is 16.4. The molecule has 1 amide bonds. The summed E-state index contributed by atoms with van der Waals surface area (Å²) in [4.78, 5) is 32.7. The Bertz CT molecular complexity index is 1200. The quantitative estimate of drug-likeness (QED) is 0.610. The molecule has 0 saturated carbocycles. The van der Waals surface area contributed by atoms with Crippen LogP contribution in [0.5, 0.6) is 0 Å². The van der Waals surface area contributed by atoms with Gasteiger partial charge in [0.25, 0.3) is 5.56 Å². The van der Waals surface area contributed by atoms with Crippen molar-refractivity contribution < 1.29 is 18.0 Å². The van der Waals surface area contributed by atoms with Crippen LogP contribution in [0.4, 0.5) is 13.2 Å². The number of carbonyl (C=O) groups is 1. The standard InChI is InChI=1S/C23H20F3N3O2/c24-23(25,26)15-7-5-6-14(12-15)13-27-21(30)17-9-2-1-8-16(17)20-28-19-11-4-3-10-18(19)22(31)29-20/h1-7,10-12,16-17H,8-9,13H2,(H,27,30)(H,28,29,31)/t16-,17-/m0/s1. The number of benzene rings is 2. The molecule has 0 radical (unpaired) electrons. The van der Waals surface area contributed by atoms with E-state index < -0.39 is 17.7 Å². The Morgan fingerprint density at radius 3 is 2.68 bits per heavy atom. The molecule has 1 heterocycles. The lowest BCUT2D eigenvalue weighted by Crippen LogP contribution is -2.35. The fourth-order valence-electron chi connectivity index (χ4n) is 3.86. The normalized spacial score (nSPS) is 18.8. The van der Waals surface area contributed by atoms with Gasteiger partial charge in [0.05, 0.1) is 22.4 Å². The number of allylic oxidation sites excluding steroid dienone is 2. The molecular weight excluding hydrogens is 407 g/mol. The molecule has 0 aliphatic heterocycles. The minimum atomic E-state index is -4.44. The maximum Gasteiger partial charge on any atom is 0.416 e. The summed E-state index contributed by atoms with van der Waals surface area (Å²) in [5, 5.41) is 3.21. The summed E-state index contributed by atoms with van der Waals surface area (Å²) >= 11 is 0. The van der Waals surface area contributed by atoms with Crippen LogP contribution in [0.3, 0.4) is 0 Å². The predicted octanol–water partition coefficient (Wildman–Crippen LogP) is 4.31. The summed E-state index contributed by atoms with van der Waals surface area (Å²) in [5.41, 5.74) is -0.101. The summed E-state index contributed by atoms with van der Waals surface area (Å²) in [5.74, 6) is -0.668.